The average molecular weight is 313 g/mol. The lowest BCUT2D eigenvalue weighted by Gasteiger charge is -2.06. The highest BCUT2D eigenvalue weighted by Gasteiger charge is 2.17. The van der Waals surface area contributed by atoms with Crippen molar-refractivity contribution in [1.82, 2.24) is 9.66 Å². The fourth-order valence-corrected chi connectivity index (χ4v) is 2.90. The molecule has 0 spiro atoms. The van der Waals surface area contributed by atoms with Crippen LogP contribution in [-0.4, -0.2) is 22.7 Å². The maximum atomic E-state index is 12.6. The zero-order valence-corrected chi connectivity index (χ0v) is 12.5. The standard InChI is InChI=1S/C15H11N3O3S/c1-9-17-12-5-14-13(20-8-21-14)4-11(12)15(19)18(9)16-6-10-2-3-22-7-10/h2-7H,8H2,1H3/b16-6+. The summed E-state index contributed by atoms with van der Waals surface area (Å²) in [6, 6.07) is 5.31. The molecule has 0 aliphatic carbocycles. The van der Waals surface area contributed by atoms with Crippen LogP contribution in [0.4, 0.5) is 0 Å². The zero-order chi connectivity index (χ0) is 15.1. The molecule has 0 atom stereocenters. The molecule has 0 unspecified atom stereocenters. The minimum Gasteiger partial charge on any atom is -0.454 e. The Labute approximate surface area is 129 Å². The van der Waals surface area contributed by atoms with Crippen molar-refractivity contribution in [1.29, 1.82) is 0 Å². The lowest BCUT2D eigenvalue weighted by atomic mass is 10.2. The monoisotopic (exact) mass is 313 g/mol. The first-order valence-corrected chi connectivity index (χ1v) is 7.56. The van der Waals surface area contributed by atoms with Gasteiger partial charge in [-0.25, -0.2) is 4.98 Å². The summed E-state index contributed by atoms with van der Waals surface area (Å²) in [4.78, 5) is 17.1. The van der Waals surface area contributed by atoms with Crippen molar-refractivity contribution in [2.24, 2.45) is 5.10 Å². The largest absolute Gasteiger partial charge is 0.454 e. The van der Waals surface area contributed by atoms with E-state index < -0.39 is 0 Å². The Morgan fingerprint density at radius 1 is 1.36 bits per heavy atom. The predicted octanol–water partition coefficient (Wildman–Crippen LogP) is 2.38. The number of nitrogens with zero attached hydrogens (tertiary/aromatic N) is 3. The summed E-state index contributed by atoms with van der Waals surface area (Å²) in [7, 11) is 0. The van der Waals surface area contributed by atoms with Gasteiger partial charge in [-0.1, -0.05) is 0 Å². The Morgan fingerprint density at radius 3 is 2.95 bits per heavy atom. The molecule has 6 nitrogen and oxygen atoms in total. The lowest BCUT2D eigenvalue weighted by molar-refractivity contribution is 0.174. The second kappa shape index (κ2) is 4.96. The number of aromatic nitrogens is 2. The van der Waals surface area contributed by atoms with Crippen LogP contribution in [0.25, 0.3) is 10.9 Å². The zero-order valence-electron chi connectivity index (χ0n) is 11.6. The molecule has 1 aromatic carbocycles. The van der Waals surface area contributed by atoms with Crippen molar-refractivity contribution in [3.8, 4) is 11.5 Å². The van der Waals surface area contributed by atoms with Crippen molar-refractivity contribution >= 4 is 28.5 Å². The maximum Gasteiger partial charge on any atom is 0.282 e. The first-order chi connectivity index (χ1) is 10.7. The van der Waals surface area contributed by atoms with Crippen LogP contribution < -0.4 is 15.0 Å². The molecule has 1 aliphatic rings. The molecule has 1 aliphatic heterocycles. The van der Waals surface area contributed by atoms with Crippen molar-refractivity contribution in [2.45, 2.75) is 6.92 Å². The number of hydrogen-bond acceptors (Lipinski definition) is 6. The molecular formula is C15H11N3O3S. The molecule has 0 N–H and O–H groups in total. The molecule has 0 fully saturated rings. The van der Waals surface area contributed by atoms with Crippen molar-refractivity contribution in [3.05, 3.63) is 50.7 Å². The van der Waals surface area contributed by atoms with Crippen LogP contribution in [0.15, 0.2) is 38.9 Å². The molecule has 2 aromatic heterocycles. The van der Waals surface area contributed by atoms with Gasteiger partial charge in [0.25, 0.3) is 5.56 Å². The summed E-state index contributed by atoms with van der Waals surface area (Å²) in [5.41, 5.74) is 1.29. The van der Waals surface area contributed by atoms with Crippen LogP contribution in [0.1, 0.15) is 11.4 Å². The van der Waals surface area contributed by atoms with Gasteiger partial charge in [-0.15, -0.1) is 0 Å². The van der Waals surface area contributed by atoms with E-state index in [1.165, 1.54) is 4.68 Å². The van der Waals surface area contributed by atoms with Gasteiger partial charge in [0.2, 0.25) is 6.79 Å². The molecule has 0 radical (unpaired) electrons. The Hall–Kier alpha value is -2.67. The Balaban J connectivity index is 1.89. The highest BCUT2D eigenvalue weighted by atomic mass is 32.1. The third kappa shape index (κ3) is 2.06. The maximum absolute atomic E-state index is 12.6. The Morgan fingerprint density at radius 2 is 2.18 bits per heavy atom. The highest BCUT2D eigenvalue weighted by molar-refractivity contribution is 7.08. The minimum atomic E-state index is -0.229. The summed E-state index contributed by atoms with van der Waals surface area (Å²) >= 11 is 1.57. The second-order valence-electron chi connectivity index (χ2n) is 4.80. The van der Waals surface area contributed by atoms with Crippen molar-refractivity contribution in [3.63, 3.8) is 0 Å². The quantitative estimate of drug-likeness (QED) is 0.681. The van der Waals surface area contributed by atoms with E-state index in [0.717, 1.165) is 5.56 Å². The Bertz CT molecular complexity index is 945. The van der Waals surface area contributed by atoms with Gasteiger partial charge in [0.1, 0.15) is 5.82 Å². The molecule has 4 rings (SSSR count). The third-order valence-corrected chi connectivity index (χ3v) is 4.07. The summed E-state index contributed by atoms with van der Waals surface area (Å²) in [6.07, 6.45) is 1.64. The first kappa shape index (κ1) is 13.0. The summed E-state index contributed by atoms with van der Waals surface area (Å²) in [6.45, 7) is 1.91. The lowest BCUT2D eigenvalue weighted by Crippen LogP contribution is -2.20. The van der Waals surface area contributed by atoms with Crippen LogP contribution >= 0.6 is 11.3 Å². The van der Waals surface area contributed by atoms with E-state index in [2.05, 4.69) is 10.1 Å². The van der Waals surface area contributed by atoms with Crippen LogP contribution in [-0.2, 0) is 0 Å². The fourth-order valence-electron chi connectivity index (χ4n) is 2.29. The van der Waals surface area contributed by atoms with Gasteiger partial charge in [0.15, 0.2) is 11.5 Å². The van der Waals surface area contributed by atoms with Crippen molar-refractivity contribution < 1.29 is 9.47 Å². The van der Waals surface area contributed by atoms with E-state index in [0.29, 0.717) is 28.2 Å². The van der Waals surface area contributed by atoms with Gasteiger partial charge >= 0.3 is 0 Å². The van der Waals surface area contributed by atoms with Gasteiger partial charge in [-0.05, 0) is 29.8 Å². The molecule has 0 saturated carbocycles. The van der Waals surface area contributed by atoms with Gasteiger partial charge in [-0.2, -0.15) is 21.1 Å². The fraction of sp³-hybridized carbons (Fsp3) is 0.133. The topological polar surface area (TPSA) is 65.7 Å². The molecule has 7 heteroatoms. The molecule has 0 amide bonds. The van der Waals surface area contributed by atoms with E-state index in [9.17, 15) is 4.79 Å². The van der Waals surface area contributed by atoms with Gasteiger partial charge < -0.3 is 9.47 Å². The molecular weight excluding hydrogens is 302 g/mol. The van der Waals surface area contributed by atoms with E-state index >= 15 is 0 Å². The number of aryl methyl sites for hydroxylation is 1. The van der Waals surface area contributed by atoms with Crippen LogP contribution in [0.3, 0.4) is 0 Å². The summed E-state index contributed by atoms with van der Waals surface area (Å²) in [5, 5.41) is 8.61. The Kier molecular flexibility index (Phi) is 2.93. The minimum absolute atomic E-state index is 0.162. The molecule has 110 valence electrons. The first-order valence-electron chi connectivity index (χ1n) is 6.62. The van der Waals surface area contributed by atoms with E-state index in [1.807, 2.05) is 16.8 Å². The van der Waals surface area contributed by atoms with Crippen molar-refractivity contribution in [2.75, 3.05) is 6.79 Å². The highest BCUT2D eigenvalue weighted by Crippen LogP contribution is 2.34. The number of thiophene rings is 1. The molecule has 0 saturated heterocycles. The second-order valence-corrected chi connectivity index (χ2v) is 5.58. The average Bonchev–Trinajstić information content (AvgIpc) is 3.15. The summed E-state index contributed by atoms with van der Waals surface area (Å²) in [5.74, 6) is 1.68. The predicted molar refractivity (Wildman–Crippen MR) is 84.2 cm³/mol. The van der Waals surface area contributed by atoms with Crippen LogP contribution in [0.5, 0.6) is 11.5 Å². The third-order valence-electron chi connectivity index (χ3n) is 3.37. The molecule has 3 aromatic rings. The number of rotatable bonds is 2. The molecule has 22 heavy (non-hydrogen) atoms. The number of hydrogen-bond donors (Lipinski definition) is 0. The van der Waals surface area contributed by atoms with Gasteiger partial charge in [-0.3, -0.25) is 4.79 Å². The SMILES string of the molecule is Cc1nc2cc3c(cc2c(=O)n1/N=C/c1ccsc1)OCO3. The van der Waals surface area contributed by atoms with E-state index in [-0.39, 0.29) is 12.4 Å². The van der Waals surface area contributed by atoms with E-state index in [4.69, 9.17) is 9.47 Å². The number of ether oxygens (including phenoxy) is 2. The molecule has 0 bridgehead atoms. The smallest absolute Gasteiger partial charge is 0.282 e. The van der Waals surface area contributed by atoms with Gasteiger partial charge in [0.05, 0.1) is 17.1 Å². The van der Waals surface area contributed by atoms with Gasteiger partial charge in [0, 0.05) is 11.6 Å². The van der Waals surface area contributed by atoms with Crippen LogP contribution in [0, 0.1) is 6.92 Å². The molecule has 3 heterocycles. The number of benzene rings is 1. The van der Waals surface area contributed by atoms with Crippen LogP contribution in [0.2, 0.25) is 0 Å². The normalized spacial score (nSPS) is 13.3. The summed E-state index contributed by atoms with van der Waals surface area (Å²) < 4.78 is 11.9. The van der Waals surface area contributed by atoms with E-state index in [1.54, 1.807) is 36.6 Å². The number of fused-ring (bicyclic) bond motifs is 2.